The third-order valence-electron chi connectivity index (χ3n) is 4.45. The standard InChI is InChI=1S/C23H23FN2O5S/c1-4-30-17-10-12-18(13-11-17)31-21-8-6-5-7-20(21)25-23(27)16-9-14-19(24)22(15-16)32(28,29)26(2)3/h5-15H,4H2,1-3H3,(H,25,27). The van der Waals surface area contributed by atoms with Crippen LogP contribution in [0.5, 0.6) is 17.2 Å². The van der Waals surface area contributed by atoms with Gasteiger partial charge in [-0.1, -0.05) is 12.1 Å². The van der Waals surface area contributed by atoms with E-state index in [-0.39, 0.29) is 5.56 Å². The van der Waals surface area contributed by atoms with Gasteiger partial charge in [0.05, 0.1) is 12.3 Å². The molecule has 7 nitrogen and oxygen atoms in total. The quantitative estimate of drug-likeness (QED) is 0.537. The average Bonchev–Trinajstić information content (AvgIpc) is 2.76. The molecule has 0 aliphatic heterocycles. The zero-order valence-corrected chi connectivity index (χ0v) is 18.6. The van der Waals surface area contributed by atoms with Crippen molar-refractivity contribution < 1.29 is 27.1 Å². The largest absolute Gasteiger partial charge is 0.494 e. The SMILES string of the molecule is CCOc1ccc(Oc2ccccc2NC(=O)c2ccc(F)c(S(=O)(=O)N(C)C)c2)cc1. The first-order valence-corrected chi connectivity index (χ1v) is 11.2. The highest BCUT2D eigenvalue weighted by Crippen LogP contribution is 2.31. The molecule has 0 atom stereocenters. The van der Waals surface area contributed by atoms with E-state index in [4.69, 9.17) is 9.47 Å². The predicted octanol–water partition coefficient (Wildman–Crippen LogP) is 4.52. The molecule has 0 spiro atoms. The van der Waals surface area contributed by atoms with Gasteiger partial charge in [0, 0.05) is 19.7 Å². The van der Waals surface area contributed by atoms with Crippen LogP contribution in [0.1, 0.15) is 17.3 Å². The number of para-hydroxylation sites is 2. The number of halogens is 1. The lowest BCUT2D eigenvalue weighted by atomic mass is 10.2. The summed E-state index contributed by atoms with van der Waals surface area (Å²) in [6.45, 7) is 2.44. The average molecular weight is 459 g/mol. The highest BCUT2D eigenvalue weighted by atomic mass is 32.2. The molecule has 168 valence electrons. The van der Waals surface area contributed by atoms with E-state index in [1.54, 1.807) is 48.5 Å². The molecule has 0 aliphatic rings. The van der Waals surface area contributed by atoms with Gasteiger partial charge >= 0.3 is 0 Å². The number of carbonyl (C=O) groups excluding carboxylic acids is 1. The molecule has 32 heavy (non-hydrogen) atoms. The Labute approximate surface area is 186 Å². The van der Waals surface area contributed by atoms with Crippen molar-refractivity contribution in [2.45, 2.75) is 11.8 Å². The monoisotopic (exact) mass is 458 g/mol. The second kappa shape index (κ2) is 9.80. The maximum Gasteiger partial charge on any atom is 0.255 e. The fourth-order valence-corrected chi connectivity index (χ4v) is 3.77. The van der Waals surface area contributed by atoms with Crippen molar-refractivity contribution in [1.29, 1.82) is 0 Å². The Morgan fingerprint density at radius 3 is 2.31 bits per heavy atom. The van der Waals surface area contributed by atoms with Gasteiger partial charge in [-0.3, -0.25) is 4.79 Å². The summed E-state index contributed by atoms with van der Waals surface area (Å²) in [6.07, 6.45) is 0. The molecule has 0 aromatic heterocycles. The number of rotatable bonds is 8. The zero-order chi connectivity index (χ0) is 23.3. The van der Waals surface area contributed by atoms with Crippen molar-refractivity contribution in [3.63, 3.8) is 0 Å². The molecule has 3 aromatic rings. The molecule has 0 radical (unpaired) electrons. The van der Waals surface area contributed by atoms with E-state index in [0.29, 0.717) is 29.5 Å². The van der Waals surface area contributed by atoms with Gasteiger partial charge in [-0.2, -0.15) is 0 Å². The first kappa shape index (κ1) is 23.2. The Balaban J connectivity index is 1.83. The number of nitrogens with one attached hydrogen (secondary N) is 1. The van der Waals surface area contributed by atoms with Crippen LogP contribution in [-0.4, -0.2) is 39.3 Å². The molecule has 0 aliphatic carbocycles. The molecule has 1 amide bonds. The molecule has 0 heterocycles. The van der Waals surface area contributed by atoms with Gasteiger partial charge in [-0.15, -0.1) is 0 Å². The molecule has 3 aromatic carbocycles. The smallest absolute Gasteiger partial charge is 0.255 e. The van der Waals surface area contributed by atoms with Crippen molar-refractivity contribution in [3.05, 3.63) is 78.1 Å². The number of hydrogen-bond donors (Lipinski definition) is 1. The van der Waals surface area contributed by atoms with Gasteiger partial charge in [0.1, 0.15) is 22.2 Å². The van der Waals surface area contributed by atoms with E-state index >= 15 is 0 Å². The predicted molar refractivity (Wildman–Crippen MR) is 119 cm³/mol. The first-order chi connectivity index (χ1) is 15.2. The van der Waals surface area contributed by atoms with Crippen molar-refractivity contribution in [2.75, 3.05) is 26.0 Å². The Kier molecular flexibility index (Phi) is 7.12. The fraction of sp³-hybridized carbons (Fsp3) is 0.174. The second-order valence-electron chi connectivity index (χ2n) is 6.89. The van der Waals surface area contributed by atoms with Crippen molar-refractivity contribution in [1.82, 2.24) is 4.31 Å². The third-order valence-corrected chi connectivity index (χ3v) is 6.28. The number of carbonyl (C=O) groups is 1. The van der Waals surface area contributed by atoms with Gasteiger partial charge in [-0.05, 0) is 61.5 Å². The van der Waals surface area contributed by atoms with Gasteiger partial charge in [0.15, 0.2) is 5.75 Å². The minimum atomic E-state index is -4.05. The molecular weight excluding hydrogens is 435 g/mol. The summed E-state index contributed by atoms with van der Waals surface area (Å²) in [5.41, 5.74) is 0.357. The van der Waals surface area contributed by atoms with Crippen LogP contribution in [0.15, 0.2) is 71.6 Å². The number of amides is 1. The van der Waals surface area contributed by atoms with Gasteiger partial charge in [0.2, 0.25) is 10.0 Å². The number of anilines is 1. The van der Waals surface area contributed by atoms with Gasteiger partial charge < -0.3 is 14.8 Å². The molecule has 0 saturated carbocycles. The van der Waals surface area contributed by atoms with Crippen LogP contribution in [0.4, 0.5) is 10.1 Å². The van der Waals surface area contributed by atoms with Crippen LogP contribution in [0.2, 0.25) is 0 Å². The van der Waals surface area contributed by atoms with Crippen LogP contribution < -0.4 is 14.8 Å². The minimum absolute atomic E-state index is 0.0114. The van der Waals surface area contributed by atoms with Crippen molar-refractivity contribution in [2.24, 2.45) is 0 Å². The first-order valence-electron chi connectivity index (χ1n) is 9.75. The molecule has 1 N–H and O–H groups in total. The van der Waals surface area contributed by atoms with Crippen LogP contribution in [0, 0.1) is 5.82 Å². The van der Waals surface area contributed by atoms with Crippen LogP contribution in [0.25, 0.3) is 0 Å². The van der Waals surface area contributed by atoms with Crippen molar-refractivity contribution >= 4 is 21.6 Å². The summed E-state index contributed by atoms with van der Waals surface area (Å²) < 4.78 is 51.0. The van der Waals surface area contributed by atoms with Gasteiger partial charge in [-0.25, -0.2) is 17.1 Å². The number of sulfonamides is 1. The Morgan fingerprint density at radius 1 is 1.00 bits per heavy atom. The molecule has 0 saturated heterocycles. The lowest BCUT2D eigenvalue weighted by Gasteiger charge is -2.14. The molecule has 3 rings (SSSR count). The lowest BCUT2D eigenvalue weighted by molar-refractivity contribution is 0.102. The zero-order valence-electron chi connectivity index (χ0n) is 17.8. The van der Waals surface area contributed by atoms with E-state index in [2.05, 4.69) is 5.32 Å². The molecule has 9 heteroatoms. The number of ether oxygens (including phenoxy) is 2. The number of nitrogens with zero attached hydrogens (tertiary/aromatic N) is 1. The summed E-state index contributed by atoms with van der Waals surface area (Å²) in [7, 11) is -1.47. The molecule has 0 fully saturated rings. The summed E-state index contributed by atoms with van der Waals surface area (Å²) >= 11 is 0. The Morgan fingerprint density at radius 2 is 1.66 bits per heavy atom. The summed E-state index contributed by atoms with van der Waals surface area (Å²) in [4.78, 5) is 12.2. The van der Waals surface area contributed by atoms with E-state index in [1.807, 2.05) is 6.92 Å². The number of benzene rings is 3. The van der Waals surface area contributed by atoms with Crippen LogP contribution >= 0.6 is 0 Å². The maximum atomic E-state index is 14.1. The summed E-state index contributed by atoms with van der Waals surface area (Å²) in [5.74, 6) is 0.0863. The molecule has 0 bridgehead atoms. The summed E-state index contributed by atoms with van der Waals surface area (Å²) in [5, 5.41) is 2.69. The van der Waals surface area contributed by atoms with E-state index in [9.17, 15) is 17.6 Å². The lowest BCUT2D eigenvalue weighted by Crippen LogP contribution is -2.24. The highest BCUT2D eigenvalue weighted by Gasteiger charge is 2.23. The third kappa shape index (κ3) is 5.24. The Bertz CT molecular complexity index is 1210. The minimum Gasteiger partial charge on any atom is -0.494 e. The van der Waals surface area contributed by atoms with Crippen LogP contribution in [-0.2, 0) is 10.0 Å². The van der Waals surface area contributed by atoms with E-state index < -0.39 is 26.6 Å². The molecular formula is C23H23FN2O5S. The highest BCUT2D eigenvalue weighted by molar-refractivity contribution is 7.89. The Hall–Kier alpha value is -3.43. The van der Waals surface area contributed by atoms with Gasteiger partial charge in [0.25, 0.3) is 5.91 Å². The topological polar surface area (TPSA) is 84.9 Å². The molecule has 0 unspecified atom stereocenters. The maximum absolute atomic E-state index is 14.1. The van der Waals surface area contributed by atoms with E-state index in [1.165, 1.54) is 20.2 Å². The van der Waals surface area contributed by atoms with E-state index in [0.717, 1.165) is 16.4 Å². The van der Waals surface area contributed by atoms with Crippen LogP contribution in [0.3, 0.4) is 0 Å². The van der Waals surface area contributed by atoms with Crippen molar-refractivity contribution in [3.8, 4) is 17.2 Å². The fourth-order valence-electron chi connectivity index (χ4n) is 2.79. The number of hydrogen-bond acceptors (Lipinski definition) is 5. The summed E-state index contributed by atoms with van der Waals surface area (Å²) in [6, 6.07) is 17.0. The second-order valence-corrected chi connectivity index (χ2v) is 9.01. The normalized spacial score (nSPS) is 11.3.